The number of carboxylic acids is 1. The molecule has 0 saturated carbocycles. The predicted molar refractivity (Wildman–Crippen MR) is 45.7 cm³/mol. The van der Waals surface area contributed by atoms with Gasteiger partial charge in [0.2, 0.25) is 0 Å². The van der Waals surface area contributed by atoms with E-state index in [1.807, 2.05) is 5.92 Å². The van der Waals surface area contributed by atoms with Gasteiger partial charge in [-0.2, -0.15) is 0 Å². The molecule has 0 amide bonds. The molecule has 1 aromatic carbocycles. The second-order valence-electron chi connectivity index (χ2n) is 2.52. The Morgan fingerprint density at radius 1 is 1.54 bits per heavy atom. The molecule has 0 radical (unpaired) electrons. The van der Waals surface area contributed by atoms with Crippen LogP contribution in [0.15, 0.2) is 18.2 Å². The van der Waals surface area contributed by atoms with Crippen LogP contribution < -0.4 is 0 Å². The van der Waals surface area contributed by atoms with Crippen LogP contribution in [0.1, 0.15) is 11.1 Å². The van der Waals surface area contributed by atoms with Gasteiger partial charge in [0, 0.05) is 11.5 Å². The molecule has 0 bridgehead atoms. The van der Waals surface area contributed by atoms with Gasteiger partial charge in [-0.3, -0.25) is 0 Å². The summed E-state index contributed by atoms with van der Waals surface area (Å²) in [5, 5.41) is 8.23. The van der Waals surface area contributed by atoms with Crippen LogP contribution in [-0.4, -0.2) is 11.1 Å². The van der Waals surface area contributed by atoms with E-state index in [0.717, 1.165) is 0 Å². The fourth-order valence-corrected chi connectivity index (χ4v) is 0.796. The Morgan fingerprint density at radius 2 is 2.23 bits per heavy atom. The summed E-state index contributed by atoms with van der Waals surface area (Å²) in [4.78, 5) is 10.1. The van der Waals surface area contributed by atoms with Gasteiger partial charge in [0.1, 0.15) is 5.82 Å². The standard InChI is InChI=1S/C10H7FO2/c1-7-2-3-8(6-9(7)11)4-5-10(12)13/h2-3,6H,1H3,(H,12,13). The number of halogens is 1. The van der Waals surface area contributed by atoms with Gasteiger partial charge in [-0.15, -0.1) is 0 Å². The number of carboxylic acid groups (broad SMARTS) is 1. The van der Waals surface area contributed by atoms with Crippen molar-refractivity contribution in [1.29, 1.82) is 0 Å². The molecule has 0 atom stereocenters. The van der Waals surface area contributed by atoms with Crippen LogP contribution >= 0.6 is 0 Å². The smallest absolute Gasteiger partial charge is 0.382 e. The Bertz CT molecular complexity index is 399. The van der Waals surface area contributed by atoms with Crippen molar-refractivity contribution in [2.24, 2.45) is 0 Å². The summed E-state index contributed by atoms with van der Waals surface area (Å²) in [6.07, 6.45) is 0. The average molecular weight is 178 g/mol. The van der Waals surface area contributed by atoms with Gasteiger partial charge in [-0.05, 0) is 24.6 Å². The molecule has 2 nitrogen and oxygen atoms in total. The summed E-state index contributed by atoms with van der Waals surface area (Å²) >= 11 is 0. The van der Waals surface area contributed by atoms with E-state index in [2.05, 4.69) is 5.92 Å². The minimum absolute atomic E-state index is 0.366. The lowest BCUT2D eigenvalue weighted by Gasteiger charge is -1.94. The van der Waals surface area contributed by atoms with Crippen LogP contribution in [-0.2, 0) is 4.79 Å². The molecular weight excluding hydrogens is 171 g/mol. The second kappa shape index (κ2) is 3.72. The van der Waals surface area contributed by atoms with E-state index in [0.29, 0.717) is 11.1 Å². The molecule has 1 rings (SSSR count). The van der Waals surface area contributed by atoms with Crippen LogP contribution in [0.3, 0.4) is 0 Å². The molecule has 1 N–H and O–H groups in total. The molecular formula is C10H7FO2. The molecule has 0 spiro atoms. The van der Waals surface area contributed by atoms with Crippen LogP contribution in [0, 0.1) is 24.6 Å². The number of benzene rings is 1. The first-order valence-electron chi connectivity index (χ1n) is 3.60. The summed E-state index contributed by atoms with van der Waals surface area (Å²) in [6, 6.07) is 4.35. The normalized spacial score (nSPS) is 8.77. The minimum Gasteiger partial charge on any atom is -0.472 e. The zero-order valence-corrected chi connectivity index (χ0v) is 6.97. The fourth-order valence-electron chi connectivity index (χ4n) is 0.796. The van der Waals surface area contributed by atoms with Crippen LogP contribution in [0.2, 0.25) is 0 Å². The van der Waals surface area contributed by atoms with Gasteiger partial charge in [0.15, 0.2) is 0 Å². The van der Waals surface area contributed by atoms with Gasteiger partial charge in [-0.25, -0.2) is 9.18 Å². The maximum Gasteiger partial charge on any atom is 0.382 e. The van der Waals surface area contributed by atoms with Crippen LogP contribution in [0.4, 0.5) is 4.39 Å². The summed E-state index contributed by atoms with van der Waals surface area (Å²) in [5.74, 6) is 2.63. The summed E-state index contributed by atoms with van der Waals surface area (Å²) in [5.41, 5.74) is 0.881. The lowest BCUT2D eigenvalue weighted by Crippen LogP contribution is -1.88. The van der Waals surface area contributed by atoms with E-state index in [9.17, 15) is 9.18 Å². The molecule has 0 aromatic heterocycles. The van der Waals surface area contributed by atoms with Crippen LogP contribution in [0.25, 0.3) is 0 Å². The SMILES string of the molecule is Cc1ccc(C#CC(=O)O)cc1F. The van der Waals surface area contributed by atoms with Crippen LogP contribution in [0.5, 0.6) is 0 Å². The van der Waals surface area contributed by atoms with E-state index in [1.165, 1.54) is 6.07 Å². The van der Waals surface area contributed by atoms with Crippen molar-refractivity contribution in [2.45, 2.75) is 6.92 Å². The highest BCUT2D eigenvalue weighted by Gasteiger charge is 1.96. The Hall–Kier alpha value is -1.82. The van der Waals surface area contributed by atoms with E-state index in [4.69, 9.17) is 5.11 Å². The Labute approximate surface area is 75.0 Å². The molecule has 0 aliphatic rings. The zero-order valence-electron chi connectivity index (χ0n) is 6.97. The monoisotopic (exact) mass is 178 g/mol. The van der Waals surface area contributed by atoms with Crippen molar-refractivity contribution < 1.29 is 14.3 Å². The van der Waals surface area contributed by atoms with Gasteiger partial charge in [0.05, 0.1) is 0 Å². The number of hydrogen-bond acceptors (Lipinski definition) is 1. The molecule has 3 heteroatoms. The molecule has 0 saturated heterocycles. The number of carbonyl (C=O) groups is 1. The number of aliphatic carboxylic acids is 1. The molecule has 13 heavy (non-hydrogen) atoms. The Morgan fingerprint density at radius 3 is 2.77 bits per heavy atom. The number of rotatable bonds is 0. The second-order valence-corrected chi connectivity index (χ2v) is 2.52. The van der Waals surface area contributed by atoms with E-state index >= 15 is 0 Å². The molecule has 0 aliphatic carbocycles. The number of aryl methyl sites for hydroxylation is 1. The molecule has 66 valence electrons. The molecule has 0 fully saturated rings. The average Bonchev–Trinajstić information content (AvgIpc) is 2.07. The van der Waals surface area contributed by atoms with Gasteiger partial charge >= 0.3 is 5.97 Å². The van der Waals surface area contributed by atoms with Gasteiger partial charge in [0.25, 0.3) is 0 Å². The van der Waals surface area contributed by atoms with Gasteiger partial charge in [-0.1, -0.05) is 12.0 Å². The summed E-state index contributed by atoms with van der Waals surface area (Å²) in [6.45, 7) is 1.63. The predicted octanol–water partition coefficient (Wildman–Crippen LogP) is 1.57. The number of hydrogen-bond donors (Lipinski definition) is 1. The molecule has 1 aromatic rings. The lowest BCUT2D eigenvalue weighted by atomic mass is 10.1. The fraction of sp³-hybridized carbons (Fsp3) is 0.100. The zero-order chi connectivity index (χ0) is 9.84. The van der Waals surface area contributed by atoms with E-state index < -0.39 is 5.97 Å². The highest BCUT2D eigenvalue weighted by atomic mass is 19.1. The lowest BCUT2D eigenvalue weighted by molar-refractivity contribution is -0.130. The first kappa shape index (κ1) is 9.27. The first-order valence-corrected chi connectivity index (χ1v) is 3.60. The highest BCUT2D eigenvalue weighted by molar-refractivity contribution is 5.87. The first-order chi connectivity index (χ1) is 6.09. The molecule has 0 aliphatic heterocycles. The maximum atomic E-state index is 12.9. The Balaban J connectivity index is 3.00. The van der Waals surface area contributed by atoms with Crippen molar-refractivity contribution in [2.75, 3.05) is 0 Å². The third-order valence-corrected chi connectivity index (χ3v) is 1.49. The molecule has 0 unspecified atom stereocenters. The molecule has 0 heterocycles. The van der Waals surface area contributed by atoms with Crippen molar-refractivity contribution >= 4 is 5.97 Å². The quantitative estimate of drug-likeness (QED) is 0.612. The largest absolute Gasteiger partial charge is 0.472 e. The van der Waals surface area contributed by atoms with Crippen molar-refractivity contribution in [3.8, 4) is 11.8 Å². The van der Waals surface area contributed by atoms with Crippen molar-refractivity contribution in [3.05, 3.63) is 35.1 Å². The third-order valence-electron chi connectivity index (χ3n) is 1.49. The van der Waals surface area contributed by atoms with Crippen molar-refractivity contribution in [1.82, 2.24) is 0 Å². The topological polar surface area (TPSA) is 37.3 Å². The maximum absolute atomic E-state index is 12.9. The van der Waals surface area contributed by atoms with E-state index in [1.54, 1.807) is 19.1 Å². The van der Waals surface area contributed by atoms with E-state index in [-0.39, 0.29) is 5.82 Å². The van der Waals surface area contributed by atoms with Crippen molar-refractivity contribution in [3.63, 3.8) is 0 Å². The summed E-state index contributed by atoms with van der Waals surface area (Å²) in [7, 11) is 0. The highest BCUT2D eigenvalue weighted by Crippen LogP contribution is 2.07. The van der Waals surface area contributed by atoms with Gasteiger partial charge < -0.3 is 5.11 Å². The minimum atomic E-state index is -1.22. The summed E-state index contributed by atoms with van der Waals surface area (Å²) < 4.78 is 12.9. The third kappa shape index (κ3) is 2.60. The Kier molecular flexibility index (Phi) is 2.65.